The van der Waals surface area contributed by atoms with Crippen LogP contribution in [0.3, 0.4) is 0 Å². The summed E-state index contributed by atoms with van der Waals surface area (Å²) in [6.45, 7) is 3.12. The van der Waals surface area contributed by atoms with Gasteiger partial charge in [0.25, 0.3) is 0 Å². The summed E-state index contributed by atoms with van der Waals surface area (Å²) in [5.41, 5.74) is 5.96. The van der Waals surface area contributed by atoms with Gasteiger partial charge in [-0.05, 0) is 55.7 Å². The van der Waals surface area contributed by atoms with Gasteiger partial charge < -0.3 is 4.74 Å². The Kier molecular flexibility index (Phi) is 3.51. The minimum absolute atomic E-state index is 0.407. The maximum atomic E-state index is 5.57. The van der Waals surface area contributed by atoms with Crippen molar-refractivity contribution in [2.45, 2.75) is 58.3 Å². The SMILES string of the molecule is COc1cc2c(cc1C)CCN=C2C1(CC2CCCC2)CC1. The third kappa shape index (κ3) is 2.37. The Morgan fingerprint density at radius 1 is 1.23 bits per heavy atom. The van der Waals surface area contributed by atoms with Crippen LogP contribution in [0.5, 0.6) is 5.75 Å². The van der Waals surface area contributed by atoms with E-state index in [1.165, 1.54) is 67.3 Å². The molecule has 22 heavy (non-hydrogen) atoms. The maximum Gasteiger partial charge on any atom is 0.122 e. The molecule has 0 saturated heterocycles. The van der Waals surface area contributed by atoms with Crippen LogP contribution < -0.4 is 4.74 Å². The van der Waals surface area contributed by atoms with Gasteiger partial charge in [0, 0.05) is 23.2 Å². The Balaban J connectivity index is 1.67. The molecule has 3 aliphatic rings. The molecule has 0 unspecified atom stereocenters. The zero-order valence-electron chi connectivity index (χ0n) is 14.0. The number of nitrogens with zero attached hydrogens (tertiary/aromatic N) is 1. The number of ether oxygens (including phenoxy) is 1. The molecule has 0 amide bonds. The lowest BCUT2D eigenvalue weighted by atomic mass is 9.81. The first-order chi connectivity index (χ1) is 10.7. The minimum Gasteiger partial charge on any atom is -0.496 e. The van der Waals surface area contributed by atoms with E-state index in [2.05, 4.69) is 19.1 Å². The van der Waals surface area contributed by atoms with Gasteiger partial charge in [-0.2, -0.15) is 0 Å². The molecule has 0 N–H and O–H groups in total. The fourth-order valence-corrected chi connectivity index (χ4v) is 4.68. The van der Waals surface area contributed by atoms with Crippen LogP contribution in [0.15, 0.2) is 17.1 Å². The molecule has 2 aliphatic carbocycles. The Morgan fingerprint density at radius 3 is 2.68 bits per heavy atom. The van der Waals surface area contributed by atoms with Crippen molar-refractivity contribution in [1.29, 1.82) is 0 Å². The van der Waals surface area contributed by atoms with Gasteiger partial charge in [0.05, 0.1) is 7.11 Å². The zero-order chi connectivity index (χ0) is 15.2. The van der Waals surface area contributed by atoms with Gasteiger partial charge in [-0.15, -0.1) is 0 Å². The fourth-order valence-electron chi connectivity index (χ4n) is 4.68. The molecule has 0 bridgehead atoms. The van der Waals surface area contributed by atoms with Crippen LogP contribution >= 0.6 is 0 Å². The van der Waals surface area contributed by atoms with E-state index in [-0.39, 0.29) is 0 Å². The van der Waals surface area contributed by atoms with Crippen molar-refractivity contribution in [2.75, 3.05) is 13.7 Å². The summed E-state index contributed by atoms with van der Waals surface area (Å²) < 4.78 is 5.57. The van der Waals surface area contributed by atoms with Crippen LogP contribution in [0, 0.1) is 18.3 Å². The second kappa shape index (κ2) is 5.40. The monoisotopic (exact) mass is 297 g/mol. The fraction of sp³-hybridized carbons (Fsp3) is 0.650. The third-order valence-electron chi connectivity index (χ3n) is 6.04. The zero-order valence-corrected chi connectivity index (χ0v) is 14.0. The number of hydrogen-bond donors (Lipinski definition) is 0. The highest BCUT2D eigenvalue weighted by atomic mass is 16.5. The number of methoxy groups -OCH3 is 1. The van der Waals surface area contributed by atoms with Crippen LogP contribution in [-0.4, -0.2) is 19.4 Å². The average molecular weight is 297 g/mol. The molecule has 2 heteroatoms. The first-order valence-electron chi connectivity index (χ1n) is 8.95. The molecular formula is C20H27NO. The van der Waals surface area contributed by atoms with E-state index in [1.54, 1.807) is 7.11 Å². The molecule has 1 aromatic rings. The van der Waals surface area contributed by atoms with Gasteiger partial charge >= 0.3 is 0 Å². The number of aliphatic imine (C=N–C) groups is 1. The predicted molar refractivity (Wildman–Crippen MR) is 91.1 cm³/mol. The summed E-state index contributed by atoms with van der Waals surface area (Å²) in [6, 6.07) is 4.59. The van der Waals surface area contributed by atoms with Crippen molar-refractivity contribution in [1.82, 2.24) is 0 Å². The number of hydrogen-bond acceptors (Lipinski definition) is 2. The Labute approximate surface area is 134 Å². The van der Waals surface area contributed by atoms with E-state index >= 15 is 0 Å². The van der Waals surface area contributed by atoms with Crippen molar-refractivity contribution in [3.8, 4) is 5.75 Å². The van der Waals surface area contributed by atoms with E-state index in [1.807, 2.05) is 0 Å². The van der Waals surface area contributed by atoms with Crippen LogP contribution in [0.25, 0.3) is 0 Å². The first-order valence-corrected chi connectivity index (χ1v) is 8.95. The Morgan fingerprint density at radius 2 is 2.00 bits per heavy atom. The van der Waals surface area contributed by atoms with E-state index in [4.69, 9.17) is 9.73 Å². The minimum atomic E-state index is 0.407. The summed E-state index contributed by atoms with van der Waals surface area (Å²) in [7, 11) is 1.78. The highest BCUT2D eigenvalue weighted by molar-refractivity contribution is 6.08. The lowest BCUT2D eigenvalue weighted by molar-refractivity contribution is 0.410. The van der Waals surface area contributed by atoms with E-state index < -0.39 is 0 Å². The van der Waals surface area contributed by atoms with E-state index in [0.717, 1.165) is 24.6 Å². The smallest absolute Gasteiger partial charge is 0.122 e. The highest BCUT2D eigenvalue weighted by Crippen LogP contribution is 2.56. The Bertz CT molecular complexity index is 606. The number of aryl methyl sites for hydroxylation is 1. The molecule has 4 rings (SSSR count). The summed E-state index contributed by atoms with van der Waals surface area (Å²) in [5.74, 6) is 1.97. The van der Waals surface area contributed by atoms with Gasteiger partial charge in [-0.3, -0.25) is 4.99 Å². The largest absolute Gasteiger partial charge is 0.496 e. The summed E-state index contributed by atoms with van der Waals surface area (Å²) >= 11 is 0. The molecule has 0 spiro atoms. The van der Waals surface area contributed by atoms with E-state index in [0.29, 0.717) is 5.41 Å². The predicted octanol–water partition coefficient (Wildman–Crippen LogP) is 4.71. The summed E-state index contributed by atoms with van der Waals surface area (Å²) in [6.07, 6.45) is 10.9. The maximum absolute atomic E-state index is 5.57. The molecule has 0 radical (unpaired) electrons. The number of benzene rings is 1. The second-order valence-corrected chi connectivity index (χ2v) is 7.59. The van der Waals surface area contributed by atoms with E-state index in [9.17, 15) is 0 Å². The quantitative estimate of drug-likeness (QED) is 0.788. The molecule has 118 valence electrons. The van der Waals surface area contributed by atoms with Gasteiger partial charge in [-0.1, -0.05) is 31.7 Å². The third-order valence-corrected chi connectivity index (χ3v) is 6.04. The molecule has 2 saturated carbocycles. The average Bonchev–Trinajstić information content (AvgIpc) is 3.11. The molecule has 2 nitrogen and oxygen atoms in total. The van der Waals surface area contributed by atoms with Gasteiger partial charge in [0.2, 0.25) is 0 Å². The van der Waals surface area contributed by atoms with Crippen LogP contribution in [-0.2, 0) is 6.42 Å². The number of fused-ring (bicyclic) bond motifs is 1. The molecule has 1 aliphatic heterocycles. The molecular weight excluding hydrogens is 270 g/mol. The van der Waals surface area contributed by atoms with Crippen molar-refractivity contribution < 1.29 is 4.74 Å². The Hall–Kier alpha value is -1.31. The van der Waals surface area contributed by atoms with Gasteiger partial charge in [0.1, 0.15) is 5.75 Å². The molecule has 2 fully saturated rings. The lowest BCUT2D eigenvalue weighted by Crippen LogP contribution is -2.25. The van der Waals surface area contributed by atoms with Crippen molar-refractivity contribution in [3.05, 3.63) is 28.8 Å². The summed E-state index contributed by atoms with van der Waals surface area (Å²) in [5, 5.41) is 0. The van der Waals surface area contributed by atoms with Crippen LogP contribution in [0.4, 0.5) is 0 Å². The van der Waals surface area contributed by atoms with Gasteiger partial charge in [-0.25, -0.2) is 0 Å². The van der Waals surface area contributed by atoms with Crippen molar-refractivity contribution in [3.63, 3.8) is 0 Å². The molecule has 1 heterocycles. The highest BCUT2D eigenvalue weighted by Gasteiger charge is 2.49. The standard InChI is InChI=1S/C20H27NO/c1-14-11-16-7-10-21-19(17(16)12-18(14)22-2)20(8-9-20)13-15-5-3-4-6-15/h11-12,15H,3-10,13H2,1-2H3. The summed E-state index contributed by atoms with van der Waals surface area (Å²) in [4.78, 5) is 5.01. The lowest BCUT2D eigenvalue weighted by Gasteiger charge is -2.27. The molecule has 0 atom stereocenters. The van der Waals surface area contributed by atoms with Crippen molar-refractivity contribution >= 4 is 5.71 Å². The van der Waals surface area contributed by atoms with Gasteiger partial charge in [0.15, 0.2) is 0 Å². The molecule has 0 aromatic heterocycles. The second-order valence-electron chi connectivity index (χ2n) is 7.59. The molecule has 1 aromatic carbocycles. The number of rotatable bonds is 4. The van der Waals surface area contributed by atoms with Crippen molar-refractivity contribution in [2.24, 2.45) is 16.3 Å². The topological polar surface area (TPSA) is 21.6 Å². The van der Waals surface area contributed by atoms with Crippen LogP contribution in [0.1, 0.15) is 61.6 Å². The van der Waals surface area contributed by atoms with Crippen LogP contribution in [0.2, 0.25) is 0 Å². The normalized spacial score (nSPS) is 23.1. The first kappa shape index (κ1) is 14.3.